The number of likely N-dealkylation sites (tertiary alicyclic amines) is 1. The molecule has 0 aliphatic carbocycles. The Kier molecular flexibility index (Phi) is 8.51. The van der Waals surface area contributed by atoms with Gasteiger partial charge in [0.1, 0.15) is 12.4 Å². The lowest BCUT2D eigenvalue weighted by atomic mass is 10.1. The molecule has 0 atom stereocenters. The number of hydrogen-bond donors (Lipinski definition) is 3. The molecule has 8 nitrogen and oxygen atoms in total. The van der Waals surface area contributed by atoms with Gasteiger partial charge in [-0.15, -0.1) is 0 Å². The molecule has 0 unspecified atom stereocenters. The van der Waals surface area contributed by atoms with Crippen LogP contribution in [0.4, 0.5) is 14.9 Å². The molecule has 0 radical (unpaired) electrons. The molecule has 0 bridgehead atoms. The molecule has 2 amide bonds. The summed E-state index contributed by atoms with van der Waals surface area (Å²) in [5.74, 6) is -0.211. The Bertz CT molecular complexity index is 690. The largest absolute Gasteiger partial charge is 0.450 e. The van der Waals surface area contributed by atoms with Crippen LogP contribution in [0.15, 0.2) is 29.3 Å². The summed E-state index contributed by atoms with van der Waals surface area (Å²) in [7, 11) is 0. The molecule has 0 saturated carbocycles. The average molecular weight is 393 g/mol. The summed E-state index contributed by atoms with van der Waals surface area (Å²) in [5.41, 5.74) is 0.393. The van der Waals surface area contributed by atoms with Crippen LogP contribution in [0.5, 0.6) is 0 Å². The zero-order valence-electron chi connectivity index (χ0n) is 16.3. The molecule has 0 spiro atoms. The first-order valence-corrected chi connectivity index (χ1v) is 9.53. The van der Waals surface area contributed by atoms with Crippen LogP contribution in [0, 0.1) is 5.82 Å². The summed E-state index contributed by atoms with van der Waals surface area (Å²) in [6.07, 6.45) is 1.24. The second-order valence-corrected chi connectivity index (χ2v) is 6.36. The van der Waals surface area contributed by atoms with E-state index in [2.05, 4.69) is 20.9 Å². The highest BCUT2D eigenvalue weighted by Crippen LogP contribution is 2.12. The van der Waals surface area contributed by atoms with E-state index in [0.717, 1.165) is 12.8 Å². The number of ether oxygens (including phenoxy) is 1. The molecule has 1 heterocycles. The summed E-state index contributed by atoms with van der Waals surface area (Å²) < 4.78 is 18.2. The fourth-order valence-electron chi connectivity index (χ4n) is 2.85. The number of benzene rings is 1. The third kappa shape index (κ3) is 7.05. The normalized spacial score (nSPS) is 15.1. The minimum atomic E-state index is -0.412. The van der Waals surface area contributed by atoms with Gasteiger partial charge in [-0.05, 0) is 44.9 Å². The van der Waals surface area contributed by atoms with Crippen molar-refractivity contribution in [2.24, 2.45) is 4.99 Å². The van der Waals surface area contributed by atoms with Crippen molar-refractivity contribution in [1.29, 1.82) is 0 Å². The molecule has 1 aliphatic rings. The molecule has 1 aliphatic heterocycles. The van der Waals surface area contributed by atoms with E-state index >= 15 is 0 Å². The van der Waals surface area contributed by atoms with Crippen molar-refractivity contribution >= 4 is 23.6 Å². The van der Waals surface area contributed by atoms with Crippen LogP contribution >= 0.6 is 0 Å². The Labute approximate surface area is 164 Å². The van der Waals surface area contributed by atoms with Gasteiger partial charge in [-0.1, -0.05) is 6.07 Å². The van der Waals surface area contributed by atoms with Gasteiger partial charge in [0.05, 0.1) is 6.61 Å². The van der Waals surface area contributed by atoms with E-state index in [0.29, 0.717) is 37.9 Å². The fourth-order valence-corrected chi connectivity index (χ4v) is 2.85. The van der Waals surface area contributed by atoms with E-state index in [1.54, 1.807) is 17.9 Å². The van der Waals surface area contributed by atoms with Crippen LogP contribution in [-0.4, -0.2) is 61.7 Å². The number of carbonyl (C=O) groups is 2. The van der Waals surface area contributed by atoms with Gasteiger partial charge in [-0.2, -0.15) is 0 Å². The minimum Gasteiger partial charge on any atom is -0.450 e. The van der Waals surface area contributed by atoms with E-state index in [-0.39, 0.29) is 24.6 Å². The highest BCUT2D eigenvalue weighted by atomic mass is 19.1. The van der Waals surface area contributed by atoms with Gasteiger partial charge in [0.15, 0.2) is 5.96 Å². The molecule has 1 saturated heterocycles. The van der Waals surface area contributed by atoms with Crippen LogP contribution in [0.1, 0.15) is 26.7 Å². The first-order chi connectivity index (χ1) is 13.5. The third-order valence-electron chi connectivity index (χ3n) is 4.20. The quantitative estimate of drug-likeness (QED) is 0.507. The van der Waals surface area contributed by atoms with E-state index < -0.39 is 5.82 Å². The Hall–Kier alpha value is -2.84. The zero-order chi connectivity index (χ0) is 20.4. The Balaban J connectivity index is 1.83. The highest BCUT2D eigenvalue weighted by Gasteiger charge is 2.24. The highest BCUT2D eigenvalue weighted by molar-refractivity contribution is 5.94. The molecule has 9 heteroatoms. The second kappa shape index (κ2) is 11.1. The van der Waals surface area contributed by atoms with Crippen molar-refractivity contribution in [3.05, 3.63) is 30.1 Å². The van der Waals surface area contributed by atoms with Crippen molar-refractivity contribution in [2.75, 3.05) is 38.1 Å². The van der Waals surface area contributed by atoms with Gasteiger partial charge in [-0.3, -0.25) is 4.79 Å². The number of amides is 2. The molecular formula is C19H28FN5O3. The Morgan fingerprint density at radius 2 is 2.04 bits per heavy atom. The number of carbonyl (C=O) groups excluding carboxylic acids is 2. The molecular weight excluding hydrogens is 365 g/mol. The molecule has 154 valence electrons. The predicted octanol–water partition coefficient (Wildman–Crippen LogP) is 1.94. The summed E-state index contributed by atoms with van der Waals surface area (Å²) in [6.45, 7) is 5.87. The number of nitrogens with zero attached hydrogens (tertiary/aromatic N) is 2. The van der Waals surface area contributed by atoms with Crippen LogP contribution in [0.2, 0.25) is 0 Å². The predicted molar refractivity (Wildman–Crippen MR) is 106 cm³/mol. The first-order valence-electron chi connectivity index (χ1n) is 9.53. The summed E-state index contributed by atoms with van der Waals surface area (Å²) >= 11 is 0. The molecule has 1 fully saturated rings. The Morgan fingerprint density at radius 3 is 2.68 bits per heavy atom. The maximum Gasteiger partial charge on any atom is 0.409 e. The maximum atomic E-state index is 13.2. The van der Waals surface area contributed by atoms with Gasteiger partial charge in [0, 0.05) is 31.4 Å². The number of piperidine rings is 1. The standard InChI is InChI=1S/C19H28FN5O3/c1-3-21-18(22-13-17(26)23-16-7-5-6-14(20)12-16)24-15-8-10-25(11-9-15)19(27)28-4-2/h5-7,12,15H,3-4,8-11,13H2,1-2H3,(H,23,26)(H2,21,22,24). The van der Waals surface area contributed by atoms with E-state index in [1.165, 1.54) is 18.2 Å². The van der Waals surface area contributed by atoms with E-state index in [9.17, 15) is 14.0 Å². The first kappa shape index (κ1) is 21.5. The van der Waals surface area contributed by atoms with Crippen molar-refractivity contribution < 1.29 is 18.7 Å². The number of hydrogen-bond acceptors (Lipinski definition) is 4. The topological polar surface area (TPSA) is 95.1 Å². The Morgan fingerprint density at radius 1 is 1.29 bits per heavy atom. The van der Waals surface area contributed by atoms with Crippen LogP contribution in [0.3, 0.4) is 0 Å². The summed E-state index contributed by atoms with van der Waals surface area (Å²) in [6, 6.07) is 5.86. The number of aliphatic imine (C=N–C) groups is 1. The van der Waals surface area contributed by atoms with Crippen molar-refractivity contribution in [3.8, 4) is 0 Å². The van der Waals surface area contributed by atoms with Gasteiger partial charge in [-0.25, -0.2) is 14.2 Å². The monoisotopic (exact) mass is 393 g/mol. The summed E-state index contributed by atoms with van der Waals surface area (Å²) in [5, 5.41) is 9.02. The number of halogens is 1. The van der Waals surface area contributed by atoms with Crippen LogP contribution < -0.4 is 16.0 Å². The second-order valence-electron chi connectivity index (χ2n) is 6.36. The third-order valence-corrected chi connectivity index (χ3v) is 4.20. The lowest BCUT2D eigenvalue weighted by molar-refractivity contribution is -0.114. The number of nitrogens with one attached hydrogen (secondary N) is 3. The molecule has 28 heavy (non-hydrogen) atoms. The molecule has 1 aromatic carbocycles. The van der Waals surface area contributed by atoms with Gasteiger partial charge in [0.25, 0.3) is 0 Å². The number of anilines is 1. The van der Waals surface area contributed by atoms with Crippen molar-refractivity contribution in [1.82, 2.24) is 15.5 Å². The SMILES string of the molecule is CCNC(=NCC(=O)Nc1cccc(F)c1)NC1CCN(C(=O)OCC)CC1. The lowest BCUT2D eigenvalue weighted by Crippen LogP contribution is -2.50. The molecule has 3 N–H and O–H groups in total. The smallest absolute Gasteiger partial charge is 0.409 e. The zero-order valence-corrected chi connectivity index (χ0v) is 16.3. The van der Waals surface area contributed by atoms with Crippen molar-refractivity contribution in [2.45, 2.75) is 32.7 Å². The van der Waals surface area contributed by atoms with Crippen LogP contribution in [-0.2, 0) is 9.53 Å². The molecule has 1 aromatic rings. The minimum absolute atomic E-state index is 0.0898. The van der Waals surface area contributed by atoms with Crippen molar-refractivity contribution in [3.63, 3.8) is 0 Å². The molecule has 0 aromatic heterocycles. The van der Waals surface area contributed by atoms with E-state index in [4.69, 9.17) is 4.74 Å². The molecule has 2 rings (SSSR count). The lowest BCUT2D eigenvalue weighted by Gasteiger charge is -2.32. The van der Waals surface area contributed by atoms with Gasteiger partial charge < -0.3 is 25.6 Å². The van der Waals surface area contributed by atoms with Gasteiger partial charge >= 0.3 is 6.09 Å². The van der Waals surface area contributed by atoms with E-state index in [1.807, 2.05) is 6.92 Å². The fraction of sp³-hybridized carbons (Fsp3) is 0.526. The number of rotatable bonds is 6. The summed E-state index contributed by atoms with van der Waals surface area (Å²) in [4.78, 5) is 29.8. The number of guanidine groups is 1. The maximum absolute atomic E-state index is 13.2. The van der Waals surface area contributed by atoms with Gasteiger partial charge in [0.2, 0.25) is 5.91 Å². The average Bonchev–Trinajstić information content (AvgIpc) is 2.67. The van der Waals surface area contributed by atoms with Crippen LogP contribution in [0.25, 0.3) is 0 Å².